The number of ether oxygens (including phenoxy) is 1. The third-order valence-electron chi connectivity index (χ3n) is 2.47. The molecule has 1 aromatic heterocycles. The summed E-state index contributed by atoms with van der Waals surface area (Å²) in [5.74, 6) is 2.41. The number of aryl methyl sites for hydroxylation is 2. The molecule has 0 amide bonds. The molecule has 0 bridgehead atoms. The normalized spacial score (nSPS) is 11.1. The lowest BCUT2D eigenvalue weighted by molar-refractivity contribution is 0.340. The molecule has 18 heavy (non-hydrogen) atoms. The zero-order valence-corrected chi connectivity index (χ0v) is 10.8. The first-order valence-corrected chi connectivity index (χ1v) is 5.86. The Kier molecular flexibility index (Phi) is 3.72. The van der Waals surface area contributed by atoms with Crippen LogP contribution in [0.2, 0.25) is 0 Å². The highest BCUT2D eigenvalue weighted by Crippen LogP contribution is 2.11. The number of rotatable bonds is 4. The van der Waals surface area contributed by atoms with E-state index in [1.807, 2.05) is 45.0 Å². The van der Waals surface area contributed by atoms with Crippen molar-refractivity contribution in [2.45, 2.75) is 20.8 Å². The van der Waals surface area contributed by atoms with Crippen LogP contribution in [0.25, 0.3) is 0 Å². The zero-order valence-electron chi connectivity index (χ0n) is 10.8. The lowest BCUT2D eigenvalue weighted by Crippen LogP contribution is -1.96. The van der Waals surface area contributed by atoms with Gasteiger partial charge in [-0.15, -0.1) is 10.2 Å². The van der Waals surface area contributed by atoms with E-state index in [-0.39, 0.29) is 0 Å². The maximum atomic E-state index is 5.38. The van der Waals surface area contributed by atoms with Crippen molar-refractivity contribution in [3.63, 3.8) is 0 Å². The van der Waals surface area contributed by atoms with Crippen LogP contribution in [0.3, 0.4) is 0 Å². The van der Waals surface area contributed by atoms with Crippen LogP contribution in [0.1, 0.15) is 24.1 Å². The predicted octanol–water partition coefficient (Wildman–Crippen LogP) is 2.18. The average molecular weight is 244 g/mol. The van der Waals surface area contributed by atoms with Gasteiger partial charge in [0.15, 0.2) is 11.6 Å². The fourth-order valence-corrected chi connectivity index (χ4v) is 1.57. The molecule has 0 aliphatic rings. The van der Waals surface area contributed by atoms with Crippen LogP contribution >= 0.6 is 0 Å². The molecule has 0 aliphatic carbocycles. The lowest BCUT2D eigenvalue weighted by atomic mass is 10.2. The van der Waals surface area contributed by atoms with E-state index in [2.05, 4.69) is 15.3 Å². The maximum Gasteiger partial charge on any atom is 0.151 e. The molecule has 2 rings (SSSR count). The van der Waals surface area contributed by atoms with E-state index in [1.165, 1.54) is 0 Å². The molecule has 5 heteroatoms. The van der Waals surface area contributed by atoms with E-state index in [9.17, 15) is 0 Å². The number of aromatic nitrogens is 3. The Hall–Kier alpha value is -2.17. The Bertz CT molecular complexity index is 523. The van der Waals surface area contributed by atoms with Gasteiger partial charge in [0, 0.05) is 0 Å². The molecule has 1 aromatic carbocycles. The molecule has 0 saturated carbocycles. The number of hydrogen-bond donors (Lipinski definition) is 0. The van der Waals surface area contributed by atoms with Crippen molar-refractivity contribution in [2.75, 3.05) is 6.61 Å². The molecule has 0 spiro atoms. The topological polar surface area (TPSA) is 52.3 Å². The molecule has 94 valence electrons. The summed E-state index contributed by atoms with van der Waals surface area (Å²) in [6, 6.07) is 7.78. The van der Waals surface area contributed by atoms with Gasteiger partial charge in [-0.25, -0.2) is 4.68 Å². The van der Waals surface area contributed by atoms with Gasteiger partial charge in [0.05, 0.1) is 12.8 Å². The van der Waals surface area contributed by atoms with Crippen molar-refractivity contribution in [2.24, 2.45) is 5.10 Å². The summed E-state index contributed by atoms with van der Waals surface area (Å²) in [6.45, 7) is 6.38. The maximum absolute atomic E-state index is 5.38. The summed E-state index contributed by atoms with van der Waals surface area (Å²) in [5, 5.41) is 12.2. The van der Waals surface area contributed by atoms with Crippen molar-refractivity contribution < 1.29 is 4.74 Å². The highest BCUT2D eigenvalue weighted by Gasteiger charge is 2.01. The Morgan fingerprint density at radius 2 is 1.78 bits per heavy atom. The van der Waals surface area contributed by atoms with Gasteiger partial charge in [0.1, 0.15) is 5.75 Å². The third kappa shape index (κ3) is 2.74. The number of hydrogen-bond acceptors (Lipinski definition) is 4. The van der Waals surface area contributed by atoms with Crippen LogP contribution in [0.15, 0.2) is 29.4 Å². The first-order valence-electron chi connectivity index (χ1n) is 5.86. The van der Waals surface area contributed by atoms with Gasteiger partial charge in [-0.05, 0) is 50.6 Å². The minimum atomic E-state index is 0.673. The largest absolute Gasteiger partial charge is 0.494 e. The second-order valence-electron chi connectivity index (χ2n) is 3.85. The quantitative estimate of drug-likeness (QED) is 0.774. The van der Waals surface area contributed by atoms with Gasteiger partial charge in [-0.2, -0.15) is 5.10 Å². The van der Waals surface area contributed by atoms with Gasteiger partial charge in [-0.1, -0.05) is 0 Å². The van der Waals surface area contributed by atoms with Crippen molar-refractivity contribution in [3.05, 3.63) is 41.5 Å². The van der Waals surface area contributed by atoms with E-state index in [4.69, 9.17) is 4.74 Å². The van der Waals surface area contributed by atoms with E-state index in [0.29, 0.717) is 6.61 Å². The Balaban J connectivity index is 2.14. The van der Waals surface area contributed by atoms with Gasteiger partial charge in [0.25, 0.3) is 0 Å². The molecule has 0 radical (unpaired) electrons. The minimum absolute atomic E-state index is 0.673. The van der Waals surface area contributed by atoms with Crippen LogP contribution < -0.4 is 4.74 Å². The molecule has 0 fully saturated rings. The summed E-state index contributed by atoms with van der Waals surface area (Å²) >= 11 is 0. The van der Waals surface area contributed by atoms with Crippen molar-refractivity contribution >= 4 is 6.21 Å². The lowest BCUT2D eigenvalue weighted by Gasteiger charge is -2.02. The van der Waals surface area contributed by atoms with Crippen molar-refractivity contribution in [1.82, 2.24) is 14.9 Å². The van der Waals surface area contributed by atoms with E-state index in [0.717, 1.165) is 23.0 Å². The fourth-order valence-electron chi connectivity index (χ4n) is 1.57. The van der Waals surface area contributed by atoms with E-state index in [1.54, 1.807) is 10.9 Å². The molecule has 0 aliphatic heterocycles. The average Bonchev–Trinajstić information content (AvgIpc) is 2.69. The Labute approximate surface area is 106 Å². The molecule has 0 atom stereocenters. The molecule has 5 nitrogen and oxygen atoms in total. The molecule has 2 aromatic rings. The van der Waals surface area contributed by atoms with Crippen LogP contribution in [0, 0.1) is 13.8 Å². The highest BCUT2D eigenvalue weighted by molar-refractivity contribution is 5.79. The molecular formula is C13H16N4O. The number of benzene rings is 1. The third-order valence-corrected chi connectivity index (χ3v) is 2.47. The molecule has 1 heterocycles. The van der Waals surface area contributed by atoms with Gasteiger partial charge >= 0.3 is 0 Å². The first kappa shape index (κ1) is 12.3. The van der Waals surface area contributed by atoms with Crippen molar-refractivity contribution in [1.29, 1.82) is 0 Å². The van der Waals surface area contributed by atoms with Gasteiger partial charge < -0.3 is 4.74 Å². The molecule has 0 saturated heterocycles. The highest BCUT2D eigenvalue weighted by atomic mass is 16.5. The zero-order chi connectivity index (χ0) is 13.0. The summed E-state index contributed by atoms with van der Waals surface area (Å²) in [6.07, 6.45) is 1.78. The summed E-state index contributed by atoms with van der Waals surface area (Å²) < 4.78 is 7.08. The minimum Gasteiger partial charge on any atom is -0.494 e. The van der Waals surface area contributed by atoms with E-state index < -0.39 is 0 Å². The molecule has 0 N–H and O–H groups in total. The molecular weight excluding hydrogens is 228 g/mol. The van der Waals surface area contributed by atoms with Crippen LogP contribution in [-0.2, 0) is 0 Å². The Morgan fingerprint density at radius 3 is 2.33 bits per heavy atom. The summed E-state index contributed by atoms with van der Waals surface area (Å²) in [4.78, 5) is 0. The van der Waals surface area contributed by atoms with Gasteiger partial charge in [-0.3, -0.25) is 0 Å². The summed E-state index contributed by atoms with van der Waals surface area (Å²) in [5.41, 5.74) is 1.01. The van der Waals surface area contributed by atoms with Crippen molar-refractivity contribution in [3.8, 4) is 5.75 Å². The first-order chi connectivity index (χ1) is 8.70. The Morgan fingerprint density at radius 1 is 1.17 bits per heavy atom. The van der Waals surface area contributed by atoms with Crippen LogP contribution in [-0.4, -0.2) is 27.7 Å². The predicted molar refractivity (Wildman–Crippen MR) is 70.1 cm³/mol. The molecule has 0 unspecified atom stereocenters. The smallest absolute Gasteiger partial charge is 0.151 e. The standard InChI is InChI=1S/C13H16N4O/c1-4-18-13-7-5-12(6-8-13)9-14-17-10(2)15-16-11(17)3/h5-9H,4H2,1-3H3/b14-9+. The second-order valence-corrected chi connectivity index (χ2v) is 3.85. The second kappa shape index (κ2) is 5.44. The van der Waals surface area contributed by atoms with E-state index >= 15 is 0 Å². The van der Waals surface area contributed by atoms with Gasteiger partial charge in [0.2, 0.25) is 0 Å². The monoisotopic (exact) mass is 244 g/mol. The fraction of sp³-hybridized carbons (Fsp3) is 0.308. The van der Waals surface area contributed by atoms with Crippen LogP contribution in [0.5, 0.6) is 5.75 Å². The summed E-state index contributed by atoms with van der Waals surface area (Å²) in [7, 11) is 0. The van der Waals surface area contributed by atoms with Crippen LogP contribution in [0.4, 0.5) is 0 Å². The number of nitrogens with zero attached hydrogens (tertiary/aromatic N) is 4. The SMILES string of the molecule is CCOc1ccc(/C=N/n2c(C)nnc2C)cc1.